The van der Waals surface area contributed by atoms with Gasteiger partial charge in [0.15, 0.2) is 0 Å². The minimum Gasteiger partial charge on any atom is -0.378 e. The molecule has 1 aromatic carbocycles. The van der Waals surface area contributed by atoms with Crippen LogP contribution in [0.15, 0.2) is 24.3 Å². The van der Waals surface area contributed by atoms with Crippen molar-refractivity contribution in [1.29, 1.82) is 0 Å². The van der Waals surface area contributed by atoms with E-state index < -0.39 is 0 Å². The first kappa shape index (κ1) is 11.6. The lowest BCUT2D eigenvalue weighted by molar-refractivity contribution is 0.0769. The van der Waals surface area contributed by atoms with Crippen LogP contribution in [0.25, 0.3) is 0 Å². The maximum Gasteiger partial charge on any atom is 0.0662 e. The topological polar surface area (TPSA) is 21.3 Å². The van der Waals surface area contributed by atoms with Gasteiger partial charge in [0.1, 0.15) is 0 Å². The van der Waals surface area contributed by atoms with Crippen molar-refractivity contribution in [3.8, 4) is 0 Å². The van der Waals surface area contributed by atoms with E-state index in [0.717, 1.165) is 32.1 Å². The number of hydrogen-bond donors (Lipinski definition) is 1. The highest BCUT2D eigenvalue weighted by Gasteiger charge is 2.14. The summed E-state index contributed by atoms with van der Waals surface area (Å²) in [5, 5.41) is 3.47. The van der Waals surface area contributed by atoms with Crippen molar-refractivity contribution in [1.82, 2.24) is 5.32 Å². The second-order valence-electron chi connectivity index (χ2n) is 4.92. The van der Waals surface area contributed by atoms with E-state index in [4.69, 9.17) is 4.74 Å². The highest BCUT2D eigenvalue weighted by molar-refractivity contribution is 5.25. The van der Waals surface area contributed by atoms with Gasteiger partial charge in [0, 0.05) is 6.54 Å². The number of ether oxygens (including phenoxy) is 1. The van der Waals surface area contributed by atoms with Gasteiger partial charge in [0.2, 0.25) is 0 Å². The van der Waals surface area contributed by atoms with Gasteiger partial charge in [0.25, 0.3) is 0 Å². The van der Waals surface area contributed by atoms with Crippen LogP contribution in [-0.4, -0.2) is 19.8 Å². The Hall–Kier alpha value is -0.860. The molecule has 0 aromatic heterocycles. The molecule has 1 atom stereocenters. The van der Waals surface area contributed by atoms with Crippen molar-refractivity contribution in [2.75, 3.05) is 19.8 Å². The van der Waals surface area contributed by atoms with E-state index in [1.54, 1.807) is 0 Å². The van der Waals surface area contributed by atoms with Gasteiger partial charge in [-0.3, -0.25) is 0 Å². The van der Waals surface area contributed by atoms with Crippen LogP contribution in [0.4, 0.5) is 0 Å². The molecule has 0 radical (unpaired) electrons. The van der Waals surface area contributed by atoms with E-state index in [2.05, 4.69) is 43.4 Å². The second-order valence-corrected chi connectivity index (χ2v) is 4.92. The third-order valence-corrected chi connectivity index (χ3v) is 2.95. The summed E-state index contributed by atoms with van der Waals surface area (Å²) in [6.07, 6.45) is 1.16. The molecule has 2 nitrogen and oxygen atoms in total. The van der Waals surface area contributed by atoms with Crippen molar-refractivity contribution in [2.24, 2.45) is 5.92 Å². The monoisotopic (exact) mass is 219 g/mol. The second kappa shape index (κ2) is 5.46. The van der Waals surface area contributed by atoms with E-state index in [9.17, 15) is 0 Å². The molecule has 0 saturated carbocycles. The highest BCUT2D eigenvalue weighted by atomic mass is 16.5. The normalized spacial score (nSPS) is 21.3. The van der Waals surface area contributed by atoms with Crippen LogP contribution < -0.4 is 5.32 Å². The Morgan fingerprint density at radius 3 is 2.62 bits per heavy atom. The van der Waals surface area contributed by atoms with E-state index in [1.165, 1.54) is 11.1 Å². The zero-order valence-corrected chi connectivity index (χ0v) is 10.2. The van der Waals surface area contributed by atoms with Gasteiger partial charge in [0.05, 0.1) is 19.3 Å². The molecule has 1 fully saturated rings. The molecule has 1 aromatic rings. The molecule has 2 heteroatoms. The minimum absolute atomic E-state index is 0.377. The Bertz CT molecular complexity index is 312. The molecule has 1 saturated heterocycles. The quantitative estimate of drug-likeness (QED) is 0.843. The summed E-state index contributed by atoms with van der Waals surface area (Å²) < 4.78 is 5.47. The molecule has 2 rings (SSSR count). The van der Waals surface area contributed by atoms with Crippen LogP contribution in [0.1, 0.15) is 31.0 Å². The van der Waals surface area contributed by atoms with Crippen LogP contribution in [0.3, 0.4) is 0 Å². The molecule has 0 spiro atoms. The predicted molar refractivity (Wildman–Crippen MR) is 66.5 cm³/mol. The molecule has 88 valence electrons. The van der Waals surface area contributed by atoms with Gasteiger partial charge in [-0.1, -0.05) is 38.1 Å². The van der Waals surface area contributed by atoms with E-state index in [0.29, 0.717) is 6.04 Å². The standard InChI is InChI=1S/C14H21NO/c1-11(2)9-12-3-5-13(6-4-12)14-10-16-8-7-15-14/h3-6,11,14-15H,7-10H2,1-2H3. The summed E-state index contributed by atoms with van der Waals surface area (Å²) >= 11 is 0. The fraction of sp³-hybridized carbons (Fsp3) is 0.571. The molecular weight excluding hydrogens is 198 g/mol. The van der Waals surface area contributed by atoms with E-state index >= 15 is 0 Å². The van der Waals surface area contributed by atoms with Crippen LogP contribution >= 0.6 is 0 Å². The zero-order chi connectivity index (χ0) is 11.4. The number of nitrogens with one attached hydrogen (secondary N) is 1. The smallest absolute Gasteiger partial charge is 0.0662 e. The fourth-order valence-electron chi connectivity index (χ4n) is 2.14. The van der Waals surface area contributed by atoms with Gasteiger partial charge in [-0.05, 0) is 23.5 Å². The highest BCUT2D eigenvalue weighted by Crippen LogP contribution is 2.17. The van der Waals surface area contributed by atoms with Crippen LogP contribution in [0.5, 0.6) is 0 Å². The lowest BCUT2D eigenvalue weighted by Gasteiger charge is -2.24. The lowest BCUT2D eigenvalue weighted by atomic mass is 9.99. The molecule has 1 heterocycles. The van der Waals surface area contributed by atoms with E-state index in [-0.39, 0.29) is 0 Å². The first-order valence-corrected chi connectivity index (χ1v) is 6.15. The number of rotatable bonds is 3. The molecule has 16 heavy (non-hydrogen) atoms. The number of benzene rings is 1. The molecule has 1 unspecified atom stereocenters. The Morgan fingerprint density at radius 1 is 1.31 bits per heavy atom. The third kappa shape index (κ3) is 3.06. The summed E-state index contributed by atoms with van der Waals surface area (Å²) in [6, 6.07) is 9.31. The average Bonchev–Trinajstić information content (AvgIpc) is 2.30. The zero-order valence-electron chi connectivity index (χ0n) is 10.2. The van der Waals surface area contributed by atoms with Gasteiger partial charge in [-0.15, -0.1) is 0 Å². The largest absolute Gasteiger partial charge is 0.378 e. The number of morpholine rings is 1. The van der Waals surface area contributed by atoms with E-state index in [1.807, 2.05) is 0 Å². The Kier molecular flexibility index (Phi) is 3.97. The van der Waals surface area contributed by atoms with Crippen molar-refractivity contribution < 1.29 is 4.74 Å². The fourth-order valence-corrected chi connectivity index (χ4v) is 2.14. The van der Waals surface area contributed by atoms with Gasteiger partial charge in [-0.2, -0.15) is 0 Å². The lowest BCUT2D eigenvalue weighted by Crippen LogP contribution is -2.34. The molecule has 0 aliphatic carbocycles. The van der Waals surface area contributed by atoms with Gasteiger partial charge >= 0.3 is 0 Å². The SMILES string of the molecule is CC(C)Cc1ccc(C2COCCN2)cc1. The van der Waals surface area contributed by atoms with Crippen molar-refractivity contribution in [2.45, 2.75) is 26.3 Å². The molecule has 1 aliphatic rings. The molecule has 1 aliphatic heterocycles. The predicted octanol–water partition coefficient (Wildman–Crippen LogP) is 2.55. The first-order valence-electron chi connectivity index (χ1n) is 6.15. The summed E-state index contributed by atoms with van der Waals surface area (Å²) in [5.41, 5.74) is 2.77. The minimum atomic E-state index is 0.377. The van der Waals surface area contributed by atoms with Gasteiger partial charge in [-0.25, -0.2) is 0 Å². The maximum absolute atomic E-state index is 5.47. The molecule has 0 bridgehead atoms. The van der Waals surface area contributed by atoms with Gasteiger partial charge < -0.3 is 10.1 Å². The maximum atomic E-state index is 5.47. The van der Waals surface area contributed by atoms with Crippen LogP contribution in [-0.2, 0) is 11.2 Å². The Morgan fingerprint density at radius 2 is 2.06 bits per heavy atom. The van der Waals surface area contributed by atoms with Crippen molar-refractivity contribution in [3.63, 3.8) is 0 Å². The average molecular weight is 219 g/mol. The van der Waals surface area contributed by atoms with Crippen molar-refractivity contribution >= 4 is 0 Å². The first-order chi connectivity index (χ1) is 7.75. The van der Waals surface area contributed by atoms with Crippen LogP contribution in [0.2, 0.25) is 0 Å². The third-order valence-electron chi connectivity index (χ3n) is 2.95. The molecular formula is C14H21NO. The number of hydrogen-bond acceptors (Lipinski definition) is 2. The van der Waals surface area contributed by atoms with Crippen molar-refractivity contribution in [3.05, 3.63) is 35.4 Å². The Labute approximate surface area is 98.0 Å². The summed E-state index contributed by atoms with van der Waals surface area (Å²) in [4.78, 5) is 0. The van der Waals surface area contributed by atoms with Crippen LogP contribution in [0, 0.1) is 5.92 Å². The summed E-state index contributed by atoms with van der Waals surface area (Å²) in [5.74, 6) is 0.724. The summed E-state index contributed by atoms with van der Waals surface area (Å²) in [7, 11) is 0. The summed E-state index contributed by atoms with van der Waals surface area (Å²) in [6.45, 7) is 7.10. The molecule has 1 N–H and O–H groups in total. The molecule has 0 amide bonds. The Balaban J connectivity index is 2.00.